The molecule has 35 heavy (non-hydrogen) atoms. The molecule has 1 N–H and O–H groups in total. The zero-order chi connectivity index (χ0) is 24.8. The van der Waals surface area contributed by atoms with Gasteiger partial charge in [-0.2, -0.15) is 0 Å². The van der Waals surface area contributed by atoms with Crippen LogP contribution in [0, 0.1) is 5.92 Å². The third kappa shape index (κ3) is 6.13. The van der Waals surface area contributed by atoms with Crippen LogP contribution in [0.15, 0.2) is 54.6 Å². The Labute approximate surface area is 210 Å². The molecule has 0 aromatic heterocycles. The monoisotopic (exact) mass is 475 g/mol. The van der Waals surface area contributed by atoms with Gasteiger partial charge in [-0.25, -0.2) is 0 Å². The minimum Gasteiger partial charge on any atom is -0.340 e. The lowest BCUT2D eigenvalue weighted by Gasteiger charge is -2.41. The van der Waals surface area contributed by atoms with E-state index in [1.54, 1.807) is 0 Å². The van der Waals surface area contributed by atoms with E-state index in [0.717, 1.165) is 43.6 Å². The van der Waals surface area contributed by atoms with E-state index in [-0.39, 0.29) is 23.8 Å². The first-order valence-electron chi connectivity index (χ1n) is 13.5. The molecule has 2 fully saturated rings. The lowest BCUT2D eigenvalue weighted by Crippen LogP contribution is -2.57. The van der Waals surface area contributed by atoms with Crippen LogP contribution in [0.4, 0.5) is 5.69 Å². The second-order valence-corrected chi connectivity index (χ2v) is 10.5. The van der Waals surface area contributed by atoms with Crippen molar-refractivity contribution in [1.82, 2.24) is 9.80 Å². The van der Waals surface area contributed by atoms with Gasteiger partial charge in [0.2, 0.25) is 11.8 Å². The van der Waals surface area contributed by atoms with E-state index in [9.17, 15) is 9.59 Å². The molecular weight excluding hydrogens is 434 g/mol. The van der Waals surface area contributed by atoms with Gasteiger partial charge >= 0.3 is 0 Å². The maximum atomic E-state index is 13.5. The van der Waals surface area contributed by atoms with Crippen molar-refractivity contribution in [2.24, 2.45) is 5.92 Å². The van der Waals surface area contributed by atoms with Crippen molar-refractivity contribution in [2.75, 3.05) is 31.5 Å². The summed E-state index contributed by atoms with van der Waals surface area (Å²) in [5, 5.41) is 3.20. The van der Waals surface area contributed by atoms with E-state index in [0.29, 0.717) is 24.9 Å². The molecule has 2 aliphatic rings. The molecule has 5 heteroatoms. The van der Waals surface area contributed by atoms with Gasteiger partial charge in [-0.3, -0.25) is 14.5 Å². The van der Waals surface area contributed by atoms with Crippen molar-refractivity contribution in [1.29, 1.82) is 0 Å². The van der Waals surface area contributed by atoms with E-state index in [4.69, 9.17) is 0 Å². The molecule has 188 valence electrons. The lowest BCUT2D eigenvalue weighted by molar-refractivity contribution is -0.136. The summed E-state index contributed by atoms with van der Waals surface area (Å²) in [5.41, 5.74) is 3.23. The van der Waals surface area contributed by atoms with E-state index in [1.165, 1.54) is 18.4 Å². The van der Waals surface area contributed by atoms with Gasteiger partial charge in [-0.05, 0) is 54.4 Å². The van der Waals surface area contributed by atoms with Gasteiger partial charge in [0.1, 0.15) is 0 Å². The summed E-state index contributed by atoms with van der Waals surface area (Å²) >= 11 is 0. The van der Waals surface area contributed by atoms with Crippen LogP contribution in [0.2, 0.25) is 0 Å². The highest BCUT2D eigenvalue weighted by atomic mass is 16.2. The summed E-state index contributed by atoms with van der Waals surface area (Å²) in [5.74, 6) is 1.08. The maximum absolute atomic E-state index is 13.5. The Kier molecular flexibility index (Phi) is 8.61. The SMILES string of the molecule is CC[C@H](C(=O)N1CCN([C@H](C(=O)Nc2ccc(C(C)C)cc2)C2CCCC2)CC1)c1ccccc1. The fraction of sp³-hybridized carbons (Fsp3) is 0.533. The second-order valence-electron chi connectivity index (χ2n) is 10.5. The first-order valence-corrected chi connectivity index (χ1v) is 13.5. The van der Waals surface area contributed by atoms with Gasteiger partial charge in [0.05, 0.1) is 12.0 Å². The molecule has 0 spiro atoms. The Bertz CT molecular complexity index is 959. The van der Waals surface area contributed by atoms with Gasteiger partial charge < -0.3 is 10.2 Å². The summed E-state index contributed by atoms with van der Waals surface area (Å²) < 4.78 is 0. The first-order chi connectivity index (χ1) is 17.0. The van der Waals surface area contributed by atoms with Crippen LogP contribution in [0.5, 0.6) is 0 Å². The van der Waals surface area contributed by atoms with Gasteiger partial charge in [0.15, 0.2) is 0 Å². The molecule has 2 aromatic carbocycles. The minimum atomic E-state index is -0.129. The molecule has 1 saturated carbocycles. The van der Waals surface area contributed by atoms with Gasteiger partial charge in [-0.15, -0.1) is 0 Å². The standard InChI is InChI=1S/C30H41N3O2/c1-4-27(24-10-6-5-7-11-24)30(35)33-20-18-32(19-21-33)28(25-12-8-9-13-25)29(34)31-26-16-14-23(15-17-26)22(2)3/h5-7,10-11,14-17,22,25,27-28H,4,8-9,12-13,18-21H2,1-3H3,(H,31,34)/t27-,28-/m0/s1. The number of hydrogen-bond acceptors (Lipinski definition) is 3. The predicted molar refractivity (Wildman–Crippen MR) is 143 cm³/mol. The smallest absolute Gasteiger partial charge is 0.242 e. The summed E-state index contributed by atoms with van der Waals surface area (Å²) in [6, 6.07) is 18.2. The molecule has 4 rings (SSSR count). The van der Waals surface area contributed by atoms with Crippen LogP contribution in [0.3, 0.4) is 0 Å². The number of hydrogen-bond donors (Lipinski definition) is 1. The number of nitrogens with one attached hydrogen (secondary N) is 1. The molecule has 1 aliphatic carbocycles. The lowest BCUT2D eigenvalue weighted by atomic mass is 9.93. The minimum absolute atomic E-state index is 0.0921. The third-order valence-electron chi connectivity index (χ3n) is 7.89. The van der Waals surface area contributed by atoms with E-state index >= 15 is 0 Å². The van der Waals surface area contributed by atoms with Crippen molar-refractivity contribution < 1.29 is 9.59 Å². The number of anilines is 1. The fourth-order valence-electron chi connectivity index (χ4n) is 5.80. The normalized spacial score (nSPS) is 19.0. The third-order valence-corrected chi connectivity index (χ3v) is 7.89. The summed E-state index contributed by atoms with van der Waals surface area (Å²) in [4.78, 5) is 31.2. The highest BCUT2D eigenvalue weighted by Gasteiger charge is 2.38. The van der Waals surface area contributed by atoms with Crippen molar-refractivity contribution in [3.63, 3.8) is 0 Å². The molecule has 2 amide bonds. The second kappa shape index (κ2) is 11.9. The van der Waals surface area contributed by atoms with E-state index < -0.39 is 0 Å². The molecule has 1 saturated heterocycles. The Morgan fingerprint density at radius 1 is 0.886 bits per heavy atom. The Hall–Kier alpha value is -2.66. The summed E-state index contributed by atoms with van der Waals surface area (Å²) in [6.07, 6.45) is 5.41. The highest BCUT2D eigenvalue weighted by molar-refractivity contribution is 5.95. The molecular formula is C30H41N3O2. The number of nitrogens with zero attached hydrogens (tertiary/aromatic N) is 2. The molecule has 0 bridgehead atoms. The number of benzene rings is 2. The number of piperazine rings is 1. The Morgan fingerprint density at radius 3 is 2.09 bits per heavy atom. The number of amides is 2. The van der Waals surface area contributed by atoms with Crippen molar-refractivity contribution in [3.05, 3.63) is 65.7 Å². The molecule has 0 unspecified atom stereocenters. The van der Waals surface area contributed by atoms with Crippen molar-refractivity contribution in [2.45, 2.75) is 70.8 Å². The fourth-order valence-corrected chi connectivity index (χ4v) is 5.80. The highest BCUT2D eigenvalue weighted by Crippen LogP contribution is 2.32. The van der Waals surface area contributed by atoms with E-state index in [1.807, 2.05) is 35.2 Å². The Morgan fingerprint density at radius 2 is 1.51 bits per heavy atom. The number of rotatable bonds is 8. The van der Waals surface area contributed by atoms with Crippen LogP contribution in [-0.2, 0) is 9.59 Å². The largest absolute Gasteiger partial charge is 0.340 e. The summed E-state index contributed by atoms with van der Waals surface area (Å²) in [7, 11) is 0. The molecule has 2 atom stereocenters. The zero-order valence-corrected chi connectivity index (χ0v) is 21.6. The average molecular weight is 476 g/mol. The molecule has 1 heterocycles. The molecule has 5 nitrogen and oxygen atoms in total. The zero-order valence-electron chi connectivity index (χ0n) is 21.6. The first kappa shape index (κ1) is 25.4. The summed E-state index contributed by atoms with van der Waals surface area (Å²) in [6.45, 7) is 9.30. The molecule has 2 aromatic rings. The molecule has 0 radical (unpaired) electrons. The predicted octanol–water partition coefficient (Wildman–Crippen LogP) is 5.65. The van der Waals surface area contributed by atoms with Crippen LogP contribution < -0.4 is 5.32 Å². The topological polar surface area (TPSA) is 52.7 Å². The van der Waals surface area contributed by atoms with Gasteiger partial charge in [0.25, 0.3) is 0 Å². The number of carbonyl (C=O) groups excluding carboxylic acids is 2. The van der Waals surface area contributed by atoms with Gasteiger partial charge in [-0.1, -0.05) is 76.1 Å². The van der Waals surface area contributed by atoms with Crippen LogP contribution in [0.1, 0.15) is 75.8 Å². The van der Waals surface area contributed by atoms with Crippen LogP contribution >= 0.6 is 0 Å². The quantitative estimate of drug-likeness (QED) is 0.537. The average Bonchev–Trinajstić information content (AvgIpc) is 3.40. The Balaban J connectivity index is 1.41. The van der Waals surface area contributed by atoms with Crippen molar-refractivity contribution >= 4 is 17.5 Å². The van der Waals surface area contributed by atoms with Crippen LogP contribution in [-0.4, -0.2) is 53.8 Å². The number of carbonyl (C=O) groups is 2. The van der Waals surface area contributed by atoms with Gasteiger partial charge in [0, 0.05) is 31.9 Å². The van der Waals surface area contributed by atoms with E-state index in [2.05, 4.69) is 55.3 Å². The van der Waals surface area contributed by atoms with Crippen molar-refractivity contribution in [3.8, 4) is 0 Å². The van der Waals surface area contributed by atoms with Crippen LogP contribution in [0.25, 0.3) is 0 Å². The molecule has 1 aliphatic heterocycles. The maximum Gasteiger partial charge on any atom is 0.242 e.